The van der Waals surface area contributed by atoms with Gasteiger partial charge in [0.25, 0.3) is 0 Å². The molecule has 112 valence electrons. The number of para-hydroxylation sites is 1. The van der Waals surface area contributed by atoms with Gasteiger partial charge in [-0.05, 0) is 25.0 Å². The second kappa shape index (κ2) is 5.99. The molecule has 0 aliphatic carbocycles. The van der Waals surface area contributed by atoms with Gasteiger partial charge in [0, 0.05) is 5.39 Å². The van der Waals surface area contributed by atoms with Crippen LogP contribution in [0.15, 0.2) is 34.7 Å². The third-order valence-corrected chi connectivity index (χ3v) is 3.54. The molecule has 2 amide bonds. The molecule has 1 aromatic heterocycles. The Morgan fingerprint density at radius 1 is 1.19 bits per heavy atom. The van der Waals surface area contributed by atoms with E-state index in [4.69, 9.17) is 10.2 Å². The summed E-state index contributed by atoms with van der Waals surface area (Å²) in [6.07, 6.45) is 0. The maximum Gasteiger partial charge on any atom is 0.240 e. The highest BCUT2D eigenvalue weighted by Crippen LogP contribution is 2.25. The zero-order valence-corrected chi connectivity index (χ0v) is 12.4. The van der Waals surface area contributed by atoms with Crippen LogP contribution in [-0.2, 0) is 9.59 Å². The summed E-state index contributed by atoms with van der Waals surface area (Å²) in [7, 11) is 0. The monoisotopic (exact) mass is 288 g/mol. The Morgan fingerprint density at radius 3 is 2.43 bits per heavy atom. The average Bonchev–Trinajstić information content (AvgIpc) is 2.86. The van der Waals surface area contributed by atoms with Crippen molar-refractivity contribution in [1.82, 2.24) is 5.32 Å². The predicted octanol–water partition coefficient (Wildman–Crippen LogP) is 2.16. The number of hydrogen-bond acceptors (Lipinski definition) is 3. The third kappa shape index (κ3) is 3.24. The second-order valence-electron chi connectivity index (χ2n) is 5.54. The van der Waals surface area contributed by atoms with Crippen LogP contribution >= 0.6 is 0 Å². The summed E-state index contributed by atoms with van der Waals surface area (Å²) in [4.78, 5) is 23.6. The minimum absolute atomic E-state index is 0.0608. The number of amides is 2. The minimum atomic E-state index is -0.677. The number of nitrogens with two attached hydrogens (primary N) is 1. The van der Waals surface area contributed by atoms with Crippen molar-refractivity contribution in [2.45, 2.75) is 32.7 Å². The summed E-state index contributed by atoms with van der Waals surface area (Å²) in [6, 6.07) is 8.73. The van der Waals surface area contributed by atoms with Gasteiger partial charge < -0.3 is 15.5 Å². The van der Waals surface area contributed by atoms with Gasteiger partial charge in [-0.3, -0.25) is 9.59 Å². The maximum atomic E-state index is 12.3. The number of furan rings is 1. The zero-order chi connectivity index (χ0) is 15.6. The molecule has 0 aliphatic rings. The van der Waals surface area contributed by atoms with Crippen LogP contribution in [0, 0.1) is 5.92 Å². The van der Waals surface area contributed by atoms with Gasteiger partial charge in [-0.25, -0.2) is 0 Å². The molecule has 0 saturated heterocycles. The van der Waals surface area contributed by atoms with Crippen LogP contribution in [0.25, 0.3) is 11.0 Å². The van der Waals surface area contributed by atoms with Crippen LogP contribution in [-0.4, -0.2) is 17.9 Å². The fourth-order valence-corrected chi connectivity index (χ4v) is 2.19. The molecular weight excluding hydrogens is 268 g/mol. The molecule has 1 aromatic carbocycles. The SMILES string of the molecule is CC(C)[C@H](NC(=O)[C@H](C)c1cc2ccccc2o1)C(N)=O. The summed E-state index contributed by atoms with van der Waals surface area (Å²) in [5.74, 6) is -0.783. The number of nitrogens with one attached hydrogen (secondary N) is 1. The summed E-state index contributed by atoms with van der Waals surface area (Å²) < 4.78 is 5.68. The van der Waals surface area contributed by atoms with Gasteiger partial charge in [-0.15, -0.1) is 0 Å². The lowest BCUT2D eigenvalue weighted by Gasteiger charge is -2.20. The molecular formula is C16H20N2O3. The van der Waals surface area contributed by atoms with Gasteiger partial charge in [0.05, 0.1) is 5.92 Å². The van der Waals surface area contributed by atoms with E-state index in [1.165, 1.54) is 0 Å². The number of primary amides is 1. The Bertz CT molecular complexity index is 627. The van der Waals surface area contributed by atoms with Crippen LogP contribution < -0.4 is 11.1 Å². The number of carbonyl (C=O) groups excluding carboxylic acids is 2. The Balaban J connectivity index is 2.16. The summed E-state index contributed by atoms with van der Waals surface area (Å²) in [6.45, 7) is 5.41. The molecule has 2 rings (SSSR count). The summed E-state index contributed by atoms with van der Waals surface area (Å²) >= 11 is 0. The molecule has 5 nitrogen and oxygen atoms in total. The molecule has 2 atom stereocenters. The average molecular weight is 288 g/mol. The lowest BCUT2D eigenvalue weighted by Crippen LogP contribution is -2.48. The maximum absolute atomic E-state index is 12.3. The van der Waals surface area contributed by atoms with Gasteiger partial charge in [-0.2, -0.15) is 0 Å². The minimum Gasteiger partial charge on any atom is -0.460 e. The molecule has 0 fully saturated rings. The van der Waals surface area contributed by atoms with Gasteiger partial charge in [-0.1, -0.05) is 32.0 Å². The number of carbonyl (C=O) groups is 2. The van der Waals surface area contributed by atoms with E-state index in [1.54, 1.807) is 6.92 Å². The molecule has 0 unspecified atom stereocenters. The fourth-order valence-electron chi connectivity index (χ4n) is 2.19. The number of benzene rings is 1. The summed E-state index contributed by atoms with van der Waals surface area (Å²) in [5.41, 5.74) is 6.05. The second-order valence-corrected chi connectivity index (χ2v) is 5.54. The van der Waals surface area contributed by atoms with Crippen LogP contribution in [0.2, 0.25) is 0 Å². The first-order chi connectivity index (χ1) is 9.90. The topological polar surface area (TPSA) is 85.3 Å². The van der Waals surface area contributed by atoms with Gasteiger partial charge in [0.2, 0.25) is 11.8 Å². The van der Waals surface area contributed by atoms with Crippen molar-refractivity contribution in [1.29, 1.82) is 0 Å². The molecule has 0 spiro atoms. The molecule has 0 aliphatic heterocycles. The highest BCUT2D eigenvalue weighted by Gasteiger charge is 2.26. The standard InChI is InChI=1S/C16H20N2O3/c1-9(2)14(15(17)19)18-16(20)10(3)13-8-11-6-4-5-7-12(11)21-13/h4-10,14H,1-3H3,(H2,17,19)(H,18,20)/t10-,14+/m1/s1. The quantitative estimate of drug-likeness (QED) is 0.884. The number of rotatable bonds is 5. The van der Waals surface area contributed by atoms with Crippen molar-refractivity contribution in [3.8, 4) is 0 Å². The Hall–Kier alpha value is -2.30. The van der Waals surface area contributed by atoms with Crippen molar-refractivity contribution < 1.29 is 14.0 Å². The Labute approximate surface area is 123 Å². The first kappa shape index (κ1) is 15.1. The van der Waals surface area contributed by atoms with E-state index < -0.39 is 17.9 Å². The van der Waals surface area contributed by atoms with Crippen molar-refractivity contribution in [3.05, 3.63) is 36.1 Å². The normalized spacial score (nSPS) is 14.1. The van der Waals surface area contributed by atoms with E-state index in [0.717, 1.165) is 11.0 Å². The zero-order valence-electron chi connectivity index (χ0n) is 12.4. The van der Waals surface area contributed by atoms with E-state index in [0.29, 0.717) is 5.76 Å². The van der Waals surface area contributed by atoms with E-state index in [2.05, 4.69) is 5.32 Å². The smallest absolute Gasteiger partial charge is 0.240 e. The Kier molecular flexibility index (Phi) is 4.31. The summed E-state index contributed by atoms with van der Waals surface area (Å²) in [5, 5.41) is 3.63. The molecule has 21 heavy (non-hydrogen) atoms. The van der Waals surface area contributed by atoms with Crippen molar-refractivity contribution in [3.63, 3.8) is 0 Å². The van der Waals surface area contributed by atoms with Crippen LogP contribution in [0.4, 0.5) is 0 Å². The molecule has 1 heterocycles. The van der Waals surface area contributed by atoms with E-state index in [1.807, 2.05) is 44.2 Å². The molecule has 3 N–H and O–H groups in total. The highest BCUT2D eigenvalue weighted by molar-refractivity contribution is 5.90. The van der Waals surface area contributed by atoms with E-state index in [9.17, 15) is 9.59 Å². The van der Waals surface area contributed by atoms with E-state index in [-0.39, 0.29) is 11.8 Å². The fraction of sp³-hybridized carbons (Fsp3) is 0.375. The lowest BCUT2D eigenvalue weighted by molar-refractivity contribution is -0.129. The highest BCUT2D eigenvalue weighted by atomic mass is 16.3. The number of fused-ring (bicyclic) bond motifs is 1. The van der Waals surface area contributed by atoms with Crippen molar-refractivity contribution in [2.24, 2.45) is 11.7 Å². The van der Waals surface area contributed by atoms with Crippen LogP contribution in [0.5, 0.6) is 0 Å². The van der Waals surface area contributed by atoms with E-state index >= 15 is 0 Å². The molecule has 0 saturated carbocycles. The predicted molar refractivity (Wildman–Crippen MR) is 80.6 cm³/mol. The first-order valence-corrected chi connectivity index (χ1v) is 6.98. The molecule has 5 heteroatoms. The van der Waals surface area contributed by atoms with Crippen molar-refractivity contribution >= 4 is 22.8 Å². The number of hydrogen-bond donors (Lipinski definition) is 2. The largest absolute Gasteiger partial charge is 0.460 e. The third-order valence-electron chi connectivity index (χ3n) is 3.54. The first-order valence-electron chi connectivity index (χ1n) is 6.98. The van der Waals surface area contributed by atoms with Crippen molar-refractivity contribution in [2.75, 3.05) is 0 Å². The van der Waals surface area contributed by atoms with Gasteiger partial charge in [0.1, 0.15) is 17.4 Å². The molecule has 0 bridgehead atoms. The Morgan fingerprint density at radius 2 is 1.86 bits per heavy atom. The van der Waals surface area contributed by atoms with Gasteiger partial charge in [0.15, 0.2) is 0 Å². The lowest BCUT2D eigenvalue weighted by atomic mass is 10.0. The molecule has 0 radical (unpaired) electrons. The van der Waals surface area contributed by atoms with Crippen LogP contribution in [0.3, 0.4) is 0 Å². The van der Waals surface area contributed by atoms with Gasteiger partial charge >= 0.3 is 0 Å². The molecule has 2 aromatic rings. The van der Waals surface area contributed by atoms with Crippen LogP contribution in [0.1, 0.15) is 32.4 Å².